The Morgan fingerprint density at radius 1 is 1.13 bits per heavy atom. The van der Waals surface area contributed by atoms with Gasteiger partial charge in [0.05, 0.1) is 5.75 Å². The van der Waals surface area contributed by atoms with E-state index in [0.29, 0.717) is 24.8 Å². The van der Waals surface area contributed by atoms with Crippen LogP contribution < -0.4 is 10.6 Å². The number of nitrogens with zero attached hydrogens (tertiary/aromatic N) is 1. The van der Waals surface area contributed by atoms with Gasteiger partial charge in [-0.05, 0) is 25.4 Å². The molecule has 0 amide bonds. The molecule has 2 aliphatic heterocycles. The highest BCUT2D eigenvalue weighted by Gasteiger charge is 2.28. The first-order chi connectivity index (χ1) is 7.18. The van der Waals surface area contributed by atoms with Crippen LogP contribution in [0.25, 0.3) is 0 Å². The van der Waals surface area contributed by atoms with Gasteiger partial charge in [0.15, 0.2) is 0 Å². The Kier molecular flexibility index (Phi) is 3.60. The Bertz CT molecular complexity index is 292. The Balaban J connectivity index is 1.92. The Morgan fingerprint density at radius 2 is 1.87 bits per heavy atom. The summed E-state index contributed by atoms with van der Waals surface area (Å²) in [6.07, 6.45) is 0.991. The molecule has 88 valence electrons. The van der Waals surface area contributed by atoms with Gasteiger partial charge in [0.2, 0.25) is 10.0 Å². The highest BCUT2D eigenvalue weighted by molar-refractivity contribution is 7.89. The lowest BCUT2D eigenvalue weighted by Gasteiger charge is -2.27. The fraction of sp³-hybridized carbons (Fsp3) is 1.00. The average Bonchev–Trinajstić information content (AvgIpc) is 2.71. The Hall–Kier alpha value is -0.170. The van der Waals surface area contributed by atoms with E-state index in [9.17, 15) is 8.42 Å². The molecule has 2 heterocycles. The SMILES string of the molecule is O=S(=O)(CC1CCNC1)N1CCNCC1. The van der Waals surface area contributed by atoms with E-state index in [4.69, 9.17) is 0 Å². The predicted molar refractivity (Wildman–Crippen MR) is 59.2 cm³/mol. The van der Waals surface area contributed by atoms with Gasteiger partial charge in [-0.2, -0.15) is 4.31 Å². The summed E-state index contributed by atoms with van der Waals surface area (Å²) < 4.78 is 25.7. The van der Waals surface area contributed by atoms with Crippen LogP contribution in [0.4, 0.5) is 0 Å². The fourth-order valence-electron chi connectivity index (χ4n) is 2.18. The highest BCUT2D eigenvalue weighted by atomic mass is 32.2. The normalized spacial score (nSPS) is 29.5. The van der Waals surface area contributed by atoms with Gasteiger partial charge >= 0.3 is 0 Å². The molecule has 0 saturated carbocycles. The maximum atomic E-state index is 12.0. The van der Waals surface area contributed by atoms with E-state index in [-0.39, 0.29) is 0 Å². The number of nitrogens with one attached hydrogen (secondary N) is 2. The standard InChI is InChI=1S/C9H19N3O2S/c13-15(14,8-9-1-2-11-7-9)12-5-3-10-4-6-12/h9-11H,1-8H2. The van der Waals surface area contributed by atoms with Crippen molar-refractivity contribution in [2.24, 2.45) is 5.92 Å². The molecular formula is C9H19N3O2S. The van der Waals surface area contributed by atoms with Gasteiger partial charge in [0, 0.05) is 26.2 Å². The first kappa shape index (κ1) is 11.3. The molecule has 0 radical (unpaired) electrons. The van der Waals surface area contributed by atoms with Crippen molar-refractivity contribution in [2.45, 2.75) is 6.42 Å². The fourth-order valence-corrected chi connectivity index (χ4v) is 4.01. The van der Waals surface area contributed by atoms with E-state index in [0.717, 1.165) is 32.6 Å². The molecule has 0 aromatic rings. The van der Waals surface area contributed by atoms with Gasteiger partial charge in [0.1, 0.15) is 0 Å². The van der Waals surface area contributed by atoms with Gasteiger partial charge in [-0.15, -0.1) is 0 Å². The van der Waals surface area contributed by atoms with Crippen LogP contribution in [0.5, 0.6) is 0 Å². The Labute approximate surface area is 91.3 Å². The van der Waals surface area contributed by atoms with E-state index in [2.05, 4.69) is 10.6 Å². The van der Waals surface area contributed by atoms with Crippen LogP contribution in [0.2, 0.25) is 0 Å². The molecule has 5 nitrogen and oxygen atoms in total. The molecule has 2 aliphatic rings. The summed E-state index contributed by atoms with van der Waals surface area (Å²) in [6.45, 7) is 4.63. The number of piperazine rings is 1. The van der Waals surface area contributed by atoms with Gasteiger partial charge in [-0.25, -0.2) is 8.42 Å². The first-order valence-corrected chi connectivity index (χ1v) is 7.19. The van der Waals surface area contributed by atoms with Crippen molar-refractivity contribution in [3.63, 3.8) is 0 Å². The molecule has 0 aromatic heterocycles. The maximum absolute atomic E-state index is 12.0. The van der Waals surface area contributed by atoms with Crippen LogP contribution in [0.15, 0.2) is 0 Å². The molecule has 0 spiro atoms. The maximum Gasteiger partial charge on any atom is 0.214 e. The van der Waals surface area contributed by atoms with Crippen LogP contribution in [-0.2, 0) is 10.0 Å². The van der Waals surface area contributed by atoms with E-state index >= 15 is 0 Å². The monoisotopic (exact) mass is 233 g/mol. The largest absolute Gasteiger partial charge is 0.316 e. The van der Waals surface area contributed by atoms with Crippen LogP contribution in [0, 0.1) is 5.92 Å². The quantitative estimate of drug-likeness (QED) is 0.645. The number of sulfonamides is 1. The Morgan fingerprint density at radius 3 is 2.47 bits per heavy atom. The lowest BCUT2D eigenvalue weighted by atomic mass is 10.2. The topological polar surface area (TPSA) is 61.4 Å². The van der Waals surface area contributed by atoms with E-state index in [1.165, 1.54) is 0 Å². The van der Waals surface area contributed by atoms with E-state index in [1.807, 2.05) is 0 Å². The number of hydrogen-bond donors (Lipinski definition) is 2. The highest BCUT2D eigenvalue weighted by Crippen LogP contribution is 2.14. The van der Waals surface area contributed by atoms with Crippen molar-refractivity contribution in [3.05, 3.63) is 0 Å². The van der Waals surface area contributed by atoms with Gasteiger partial charge < -0.3 is 10.6 Å². The number of hydrogen-bond acceptors (Lipinski definition) is 4. The summed E-state index contributed by atoms with van der Waals surface area (Å²) >= 11 is 0. The molecule has 6 heteroatoms. The molecule has 2 saturated heterocycles. The second-order valence-electron chi connectivity index (χ2n) is 4.29. The molecule has 2 N–H and O–H groups in total. The van der Waals surface area contributed by atoms with E-state index < -0.39 is 10.0 Å². The third kappa shape index (κ3) is 2.90. The minimum Gasteiger partial charge on any atom is -0.316 e. The van der Waals surface area contributed by atoms with Gasteiger partial charge in [-0.1, -0.05) is 0 Å². The van der Waals surface area contributed by atoms with Gasteiger partial charge in [-0.3, -0.25) is 0 Å². The van der Waals surface area contributed by atoms with Crippen molar-refractivity contribution in [1.82, 2.24) is 14.9 Å². The van der Waals surface area contributed by atoms with Crippen molar-refractivity contribution in [2.75, 3.05) is 45.0 Å². The molecule has 1 unspecified atom stereocenters. The van der Waals surface area contributed by atoms with Crippen LogP contribution in [-0.4, -0.2) is 57.7 Å². The van der Waals surface area contributed by atoms with Crippen LogP contribution in [0.1, 0.15) is 6.42 Å². The second-order valence-corrected chi connectivity index (χ2v) is 6.30. The second kappa shape index (κ2) is 4.78. The summed E-state index contributed by atoms with van der Waals surface area (Å²) in [5.74, 6) is 0.630. The predicted octanol–water partition coefficient (Wildman–Crippen LogP) is -1.17. The molecule has 2 fully saturated rings. The number of rotatable bonds is 3. The molecule has 1 atom stereocenters. The summed E-state index contributed by atoms with van der Waals surface area (Å²) in [5.41, 5.74) is 0. The molecular weight excluding hydrogens is 214 g/mol. The zero-order chi connectivity index (χ0) is 10.7. The summed E-state index contributed by atoms with van der Waals surface area (Å²) in [6, 6.07) is 0. The third-order valence-corrected chi connectivity index (χ3v) is 5.12. The van der Waals surface area contributed by atoms with Crippen LogP contribution in [0.3, 0.4) is 0 Å². The molecule has 0 bridgehead atoms. The lowest BCUT2D eigenvalue weighted by Crippen LogP contribution is -2.47. The minimum absolute atomic E-state index is 0.310. The van der Waals surface area contributed by atoms with Crippen molar-refractivity contribution >= 4 is 10.0 Å². The molecule has 0 aromatic carbocycles. The third-order valence-electron chi connectivity index (χ3n) is 3.08. The zero-order valence-electron chi connectivity index (χ0n) is 8.91. The minimum atomic E-state index is -3.01. The van der Waals surface area contributed by atoms with Gasteiger partial charge in [0.25, 0.3) is 0 Å². The average molecular weight is 233 g/mol. The van der Waals surface area contributed by atoms with Crippen molar-refractivity contribution in [3.8, 4) is 0 Å². The zero-order valence-corrected chi connectivity index (χ0v) is 9.72. The van der Waals surface area contributed by atoms with E-state index in [1.54, 1.807) is 4.31 Å². The first-order valence-electron chi connectivity index (χ1n) is 5.58. The van der Waals surface area contributed by atoms with Crippen molar-refractivity contribution in [1.29, 1.82) is 0 Å². The summed E-state index contributed by atoms with van der Waals surface area (Å²) in [7, 11) is -3.01. The summed E-state index contributed by atoms with van der Waals surface area (Å²) in [5, 5.41) is 6.36. The molecule has 0 aliphatic carbocycles. The smallest absolute Gasteiger partial charge is 0.214 e. The molecule has 15 heavy (non-hydrogen) atoms. The van der Waals surface area contributed by atoms with Crippen LogP contribution >= 0.6 is 0 Å². The lowest BCUT2D eigenvalue weighted by molar-refractivity contribution is 0.357. The molecule has 2 rings (SSSR count). The summed E-state index contributed by atoms with van der Waals surface area (Å²) in [4.78, 5) is 0. The van der Waals surface area contributed by atoms with Crippen molar-refractivity contribution < 1.29 is 8.42 Å².